The molecule has 0 aliphatic rings. The molecule has 0 fully saturated rings. The van der Waals surface area contributed by atoms with Crippen molar-refractivity contribution in [1.82, 2.24) is 13.5 Å². The van der Waals surface area contributed by atoms with Crippen molar-refractivity contribution in [3.63, 3.8) is 0 Å². The molecule has 1 atom stereocenters. The molecule has 0 aliphatic carbocycles. The molecule has 5 nitrogen and oxygen atoms in total. The molecule has 0 spiro atoms. The van der Waals surface area contributed by atoms with E-state index < -0.39 is 23.1 Å². The number of nitrogens with zero attached hydrogens (tertiary/aromatic N) is 3. The van der Waals surface area contributed by atoms with E-state index in [4.69, 9.17) is 0 Å². The minimum atomic E-state index is -4.79. The Morgan fingerprint density at radius 2 is 1.92 bits per heavy atom. The Bertz CT molecular complexity index is 1080. The second-order valence-electron chi connectivity index (χ2n) is 5.41. The number of hydrogen-bond acceptors (Lipinski definition) is 4. The monoisotopic (exact) mass is 433 g/mol. The molecule has 0 amide bonds. The van der Waals surface area contributed by atoms with Crippen LogP contribution in [0, 0.1) is 0 Å². The van der Waals surface area contributed by atoms with Crippen molar-refractivity contribution >= 4 is 37.5 Å². The van der Waals surface area contributed by atoms with Gasteiger partial charge in [0, 0.05) is 18.5 Å². The molecule has 0 saturated heterocycles. The predicted octanol–water partition coefficient (Wildman–Crippen LogP) is 3.62. The molecule has 0 bridgehead atoms. The zero-order valence-electron chi connectivity index (χ0n) is 13.0. The highest BCUT2D eigenvalue weighted by Gasteiger charge is 2.35. The first-order valence-corrected chi connectivity index (χ1v) is 8.74. The van der Waals surface area contributed by atoms with Crippen molar-refractivity contribution in [1.29, 1.82) is 0 Å². The summed E-state index contributed by atoms with van der Waals surface area (Å²) in [4.78, 5) is 24.5. The van der Waals surface area contributed by atoms with Crippen LogP contribution in [0.25, 0.3) is 15.8 Å². The number of alkyl halides is 4. The van der Waals surface area contributed by atoms with Crippen LogP contribution in [0.3, 0.4) is 0 Å². The first kappa shape index (κ1) is 17.9. The number of rotatable bonds is 2. The summed E-state index contributed by atoms with van der Waals surface area (Å²) in [7, 11) is 0.984. The van der Waals surface area contributed by atoms with Crippen LogP contribution in [0.2, 0.25) is 0 Å². The molecular formula is C15H11BrF3N3O2S. The molecule has 10 heteroatoms. The molecule has 0 N–H and O–H groups in total. The van der Waals surface area contributed by atoms with Gasteiger partial charge >= 0.3 is 11.9 Å². The van der Waals surface area contributed by atoms with E-state index in [1.165, 1.54) is 17.6 Å². The highest BCUT2D eigenvalue weighted by Crippen LogP contribution is 2.32. The van der Waals surface area contributed by atoms with Crippen molar-refractivity contribution in [3.8, 4) is 5.69 Å². The minimum Gasteiger partial charge on any atom is -0.292 e. The van der Waals surface area contributed by atoms with Crippen molar-refractivity contribution in [2.45, 2.75) is 17.9 Å². The Kier molecular flexibility index (Phi) is 4.36. The van der Waals surface area contributed by atoms with Gasteiger partial charge in [-0.05, 0) is 36.7 Å². The smallest absolute Gasteiger partial charge is 0.292 e. The number of aromatic nitrogens is 3. The maximum Gasteiger partial charge on any atom is 0.431 e. The molecule has 3 rings (SSSR count). The van der Waals surface area contributed by atoms with Crippen LogP contribution in [0.4, 0.5) is 13.2 Å². The largest absolute Gasteiger partial charge is 0.431 e. The topological polar surface area (TPSA) is 56.9 Å². The van der Waals surface area contributed by atoms with Crippen LogP contribution in [0.15, 0.2) is 33.9 Å². The van der Waals surface area contributed by atoms with Gasteiger partial charge in [0.2, 0.25) is 0 Å². The molecular weight excluding hydrogens is 423 g/mol. The molecule has 3 aromatic rings. The van der Waals surface area contributed by atoms with E-state index in [0.717, 1.165) is 27.4 Å². The molecule has 132 valence electrons. The van der Waals surface area contributed by atoms with Gasteiger partial charge < -0.3 is 0 Å². The van der Waals surface area contributed by atoms with Gasteiger partial charge in [-0.25, -0.2) is 9.36 Å². The number of halogens is 4. The second-order valence-corrected chi connectivity index (χ2v) is 7.59. The average Bonchev–Trinajstić information content (AvgIpc) is 2.93. The number of hydrogen-bond donors (Lipinski definition) is 0. The lowest BCUT2D eigenvalue weighted by molar-refractivity contribution is -0.144. The van der Waals surface area contributed by atoms with Gasteiger partial charge in [0.1, 0.15) is 5.69 Å². The Labute approximate surface area is 151 Å². The lowest BCUT2D eigenvalue weighted by Crippen LogP contribution is -2.40. The zero-order chi connectivity index (χ0) is 18.5. The molecule has 1 unspecified atom stereocenters. The quantitative estimate of drug-likeness (QED) is 0.579. The van der Waals surface area contributed by atoms with Crippen molar-refractivity contribution in [3.05, 3.63) is 56.5 Å². The van der Waals surface area contributed by atoms with Crippen LogP contribution in [0.5, 0.6) is 0 Å². The molecule has 25 heavy (non-hydrogen) atoms. The highest BCUT2D eigenvalue weighted by atomic mass is 79.9. The van der Waals surface area contributed by atoms with E-state index in [1.54, 1.807) is 12.1 Å². The standard InChI is InChI=1S/C15H11BrF3N3O2S/c1-7(16)13-9-5-8(3-4-10(9)25-20-13)22-12(23)6-11(15(17,18)19)21(2)14(22)24/h3-7H,1-2H3. The molecule has 2 heterocycles. The summed E-state index contributed by atoms with van der Waals surface area (Å²) in [6.45, 7) is 1.88. The fourth-order valence-corrected chi connectivity index (χ4v) is 3.83. The molecule has 2 aromatic heterocycles. The van der Waals surface area contributed by atoms with Crippen molar-refractivity contribution < 1.29 is 13.2 Å². The maximum atomic E-state index is 12.9. The van der Waals surface area contributed by atoms with Crippen LogP contribution in [-0.2, 0) is 13.2 Å². The minimum absolute atomic E-state index is 0.0522. The first-order valence-electron chi connectivity index (χ1n) is 7.05. The Morgan fingerprint density at radius 3 is 2.52 bits per heavy atom. The zero-order valence-corrected chi connectivity index (χ0v) is 15.4. The van der Waals surface area contributed by atoms with E-state index >= 15 is 0 Å². The number of benzene rings is 1. The summed E-state index contributed by atoms with van der Waals surface area (Å²) in [5.74, 6) is 0. The van der Waals surface area contributed by atoms with Gasteiger partial charge in [-0.15, -0.1) is 0 Å². The van der Waals surface area contributed by atoms with Gasteiger partial charge in [-0.2, -0.15) is 17.5 Å². The summed E-state index contributed by atoms with van der Waals surface area (Å²) in [6.07, 6.45) is -4.79. The summed E-state index contributed by atoms with van der Waals surface area (Å²) in [5, 5.41) is 0.737. The molecule has 0 saturated carbocycles. The van der Waals surface area contributed by atoms with Gasteiger partial charge in [-0.3, -0.25) is 9.36 Å². The van der Waals surface area contributed by atoms with E-state index in [0.29, 0.717) is 10.6 Å². The average molecular weight is 434 g/mol. The third-order valence-corrected chi connectivity index (χ3v) is 5.00. The normalized spacial score (nSPS) is 13.4. The van der Waals surface area contributed by atoms with Crippen molar-refractivity contribution in [2.24, 2.45) is 7.05 Å². The van der Waals surface area contributed by atoms with Gasteiger partial charge in [0.05, 0.1) is 20.9 Å². The van der Waals surface area contributed by atoms with Gasteiger partial charge in [-0.1, -0.05) is 15.9 Å². The van der Waals surface area contributed by atoms with Crippen LogP contribution >= 0.6 is 27.5 Å². The number of fused-ring (bicyclic) bond motifs is 1. The van der Waals surface area contributed by atoms with Gasteiger partial charge in [0.25, 0.3) is 5.56 Å². The van der Waals surface area contributed by atoms with E-state index in [2.05, 4.69) is 20.3 Å². The molecule has 0 aliphatic heterocycles. The Morgan fingerprint density at radius 1 is 1.24 bits per heavy atom. The van der Waals surface area contributed by atoms with E-state index in [-0.39, 0.29) is 10.5 Å². The van der Waals surface area contributed by atoms with Crippen LogP contribution in [0.1, 0.15) is 23.1 Å². The first-order chi connectivity index (χ1) is 11.6. The van der Waals surface area contributed by atoms with E-state index in [9.17, 15) is 22.8 Å². The molecule has 0 radical (unpaired) electrons. The maximum absolute atomic E-state index is 12.9. The van der Waals surface area contributed by atoms with E-state index in [1.807, 2.05) is 6.92 Å². The Balaban J connectivity index is 2.29. The van der Waals surface area contributed by atoms with Crippen LogP contribution < -0.4 is 11.2 Å². The summed E-state index contributed by atoms with van der Waals surface area (Å²) >= 11 is 4.68. The highest BCUT2D eigenvalue weighted by molar-refractivity contribution is 9.09. The second kappa shape index (κ2) is 6.10. The fourth-order valence-electron chi connectivity index (χ4n) is 2.51. The lowest BCUT2D eigenvalue weighted by Gasteiger charge is -2.14. The summed E-state index contributed by atoms with van der Waals surface area (Å²) < 4.78 is 45.1. The third-order valence-electron chi connectivity index (χ3n) is 3.73. The predicted molar refractivity (Wildman–Crippen MR) is 92.8 cm³/mol. The summed E-state index contributed by atoms with van der Waals surface area (Å²) in [6, 6.07) is 5.21. The van der Waals surface area contributed by atoms with Gasteiger partial charge in [0.15, 0.2) is 0 Å². The van der Waals surface area contributed by atoms with Crippen LogP contribution in [-0.4, -0.2) is 13.5 Å². The molecule has 1 aromatic carbocycles. The third kappa shape index (κ3) is 3.04. The SMILES string of the molecule is CC(Br)c1nsc2ccc(-n3c(=O)cc(C(F)(F)F)n(C)c3=O)cc12. The Hall–Kier alpha value is -1.94. The lowest BCUT2D eigenvalue weighted by atomic mass is 10.1. The fraction of sp³-hybridized carbons (Fsp3) is 0.267. The van der Waals surface area contributed by atoms with Crippen molar-refractivity contribution in [2.75, 3.05) is 0 Å². The summed E-state index contributed by atoms with van der Waals surface area (Å²) in [5.41, 5.74) is -2.45.